The number of hydrogen-bond donors (Lipinski definition) is 2. The number of carbonyl (C=O) groups is 2. The fourth-order valence-electron chi connectivity index (χ4n) is 2.88. The molecule has 1 heterocycles. The van der Waals surface area contributed by atoms with Gasteiger partial charge in [0.1, 0.15) is 0 Å². The van der Waals surface area contributed by atoms with Crippen LogP contribution in [0.4, 0.5) is 10.5 Å². The number of nitrogens with zero attached hydrogens (tertiary/aromatic N) is 1. The van der Waals surface area contributed by atoms with Crippen molar-refractivity contribution in [3.05, 3.63) is 29.8 Å². The van der Waals surface area contributed by atoms with Crippen molar-refractivity contribution in [2.75, 3.05) is 18.4 Å². The molecule has 1 saturated carbocycles. The lowest BCUT2D eigenvalue weighted by atomic mass is 10.0. The Bertz CT molecular complexity index is 540. The van der Waals surface area contributed by atoms with Gasteiger partial charge in [0.2, 0.25) is 5.91 Å². The Balaban J connectivity index is 1.61. The van der Waals surface area contributed by atoms with Crippen molar-refractivity contribution >= 4 is 17.6 Å². The summed E-state index contributed by atoms with van der Waals surface area (Å²) in [5, 5.41) is 2.84. The number of benzene rings is 1. The fraction of sp³-hybridized carbons (Fsp3) is 0.467. The first-order chi connectivity index (χ1) is 9.63. The second kappa shape index (κ2) is 5.15. The molecule has 1 atom stereocenters. The maximum absolute atomic E-state index is 12.2. The molecule has 0 spiro atoms. The molecule has 1 aromatic carbocycles. The number of nitrogens with two attached hydrogens (primary N) is 1. The average Bonchev–Trinajstić information content (AvgIpc) is 3.16. The van der Waals surface area contributed by atoms with Crippen LogP contribution in [-0.2, 0) is 0 Å². The maximum Gasteiger partial charge on any atom is 0.321 e. The molecular formula is C15H19N3O2. The van der Waals surface area contributed by atoms with Crippen molar-refractivity contribution < 1.29 is 9.59 Å². The summed E-state index contributed by atoms with van der Waals surface area (Å²) >= 11 is 0. The van der Waals surface area contributed by atoms with E-state index in [-0.39, 0.29) is 6.03 Å². The second-order valence-corrected chi connectivity index (χ2v) is 5.71. The lowest BCUT2D eigenvalue weighted by Gasteiger charge is -2.17. The summed E-state index contributed by atoms with van der Waals surface area (Å²) in [5.74, 6) is 1.03. The second-order valence-electron chi connectivity index (χ2n) is 5.71. The first kappa shape index (κ1) is 13.0. The summed E-state index contributed by atoms with van der Waals surface area (Å²) in [7, 11) is 0. The minimum Gasteiger partial charge on any atom is -0.366 e. The standard InChI is InChI=1S/C15H19N3O2/c16-14(19)11-2-1-3-13(8-11)17-15(20)18-7-6-12(9-18)10-4-5-10/h1-3,8,10,12H,4-7,9H2,(H2,16,19)(H,17,20). The molecule has 2 fully saturated rings. The van der Waals surface area contributed by atoms with E-state index in [2.05, 4.69) is 5.32 Å². The topological polar surface area (TPSA) is 75.4 Å². The van der Waals surface area contributed by atoms with Crippen LogP contribution in [0.5, 0.6) is 0 Å². The molecule has 0 radical (unpaired) electrons. The van der Waals surface area contributed by atoms with Gasteiger partial charge in [0, 0.05) is 24.3 Å². The zero-order valence-corrected chi connectivity index (χ0v) is 11.3. The molecule has 3 rings (SSSR count). The predicted octanol–water partition coefficient (Wildman–Crippen LogP) is 2.05. The summed E-state index contributed by atoms with van der Waals surface area (Å²) in [5.41, 5.74) is 6.25. The minimum atomic E-state index is -0.490. The molecule has 0 aromatic heterocycles. The Hall–Kier alpha value is -2.04. The number of likely N-dealkylation sites (tertiary alicyclic amines) is 1. The molecule has 1 aliphatic carbocycles. The van der Waals surface area contributed by atoms with Crippen LogP contribution in [-0.4, -0.2) is 29.9 Å². The SMILES string of the molecule is NC(=O)c1cccc(NC(=O)N2CCC(C3CC3)C2)c1. The third-order valence-corrected chi connectivity index (χ3v) is 4.20. The number of hydrogen-bond acceptors (Lipinski definition) is 2. The van der Waals surface area contributed by atoms with Crippen LogP contribution in [0, 0.1) is 11.8 Å². The first-order valence-electron chi connectivity index (χ1n) is 7.09. The highest BCUT2D eigenvalue weighted by Gasteiger charge is 2.37. The maximum atomic E-state index is 12.2. The average molecular weight is 273 g/mol. The molecule has 5 heteroatoms. The van der Waals surface area contributed by atoms with E-state index in [0.29, 0.717) is 17.2 Å². The van der Waals surface area contributed by atoms with Crippen molar-refractivity contribution in [1.82, 2.24) is 4.90 Å². The van der Waals surface area contributed by atoms with Gasteiger partial charge in [-0.2, -0.15) is 0 Å². The van der Waals surface area contributed by atoms with Gasteiger partial charge in [-0.1, -0.05) is 6.07 Å². The molecule has 5 nitrogen and oxygen atoms in total. The van der Waals surface area contributed by atoms with E-state index >= 15 is 0 Å². The Morgan fingerprint density at radius 2 is 2.00 bits per heavy atom. The molecule has 106 valence electrons. The molecule has 0 bridgehead atoms. The highest BCUT2D eigenvalue weighted by atomic mass is 16.2. The van der Waals surface area contributed by atoms with Crippen molar-refractivity contribution in [3.8, 4) is 0 Å². The van der Waals surface area contributed by atoms with Crippen molar-refractivity contribution in [2.24, 2.45) is 17.6 Å². The molecule has 20 heavy (non-hydrogen) atoms. The third kappa shape index (κ3) is 2.76. The minimum absolute atomic E-state index is 0.0882. The normalized spacial score (nSPS) is 21.8. The molecule has 1 saturated heterocycles. The van der Waals surface area contributed by atoms with Gasteiger partial charge in [0.05, 0.1) is 0 Å². The van der Waals surface area contributed by atoms with Gasteiger partial charge in [0.15, 0.2) is 0 Å². The predicted molar refractivity (Wildman–Crippen MR) is 76.4 cm³/mol. The highest BCUT2D eigenvalue weighted by molar-refractivity contribution is 5.95. The van der Waals surface area contributed by atoms with E-state index in [1.165, 1.54) is 12.8 Å². The molecule has 1 unspecified atom stereocenters. The van der Waals surface area contributed by atoms with E-state index < -0.39 is 5.91 Å². The fourth-order valence-corrected chi connectivity index (χ4v) is 2.88. The lowest BCUT2D eigenvalue weighted by Crippen LogP contribution is -2.33. The number of carbonyl (C=O) groups excluding carboxylic acids is 2. The molecule has 3 N–H and O–H groups in total. The van der Waals surface area contributed by atoms with Gasteiger partial charge < -0.3 is 16.0 Å². The van der Waals surface area contributed by atoms with Crippen LogP contribution in [0.15, 0.2) is 24.3 Å². The Morgan fingerprint density at radius 1 is 1.20 bits per heavy atom. The molecular weight excluding hydrogens is 254 g/mol. The van der Waals surface area contributed by atoms with Gasteiger partial charge in [-0.15, -0.1) is 0 Å². The van der Waals surface area contributed by atoms with E-state index in [1.54, 1.807) is 24.3 Å². The lowest BCUT2D eigenvalue weighted by molar-refractivity contribution is 0.1000. The number of anilines is 1. The van der Waals surface area contributed by atoms with Crippen LogP contribution in [0.25, 0.3) is 0 Å². The first-order valence-corrected chi connectivity index (χ1v) is 7.09. The van der Waals surface area contributed by atoms with Crippen LogP contribution in [0.3, 0.4) is 0 Å². The van der Waals surface area contributed by atoms with Gasteiger partial charge >= 0.3 is 6.03 Å². The number of primary amides is 1. The third-order valence-electron chi connectivity index (χ3n) is 4.20. The van der Waals surface area contributed by atoms with Crippen LogP contribution < -0.4 is 11.1 Å². The van der Waals surface area contributed by atoms with Crippen LogP contribution in [0.1, 0.15) is 29.6 Å². The number of nitrogens with one attached hydrogen (secondary N) is 1. The number of urea groups is 1. The van der Waals surface area contributed by atoms with E-state index in [9.17, 15) is 9.59 Å². The van der Waals surface area contributed by atoms with Gasteiger partial charge in [-0.25, -0.2) is 4.79 Å². The van der Waals surface area contributed by atoms with Crippen molar-refractivity contribution in [2.45, 2.75) is 19.3 Å². The Labute approximate surface area is 118 Å². The molecule has 1 aromatic rings. The van der Waals surface area contributed by atoms with E-state index in [1.807, 2.05) is 4.90 Å². The van der Waals surface area contributed by atoms with Gasteiger partial charge in [-0.3, -0.25) is 4.79 Å². The van der Waals surface area contributed by atoms with Crippen molar-refractivity contribution in [1.29, 1.82) is 0 Å². The van der Waals surface area contributed by atoms with E-state index in [0.717, 1.165) is 25.4 Å². The highest BCUT2D eigenvalue weighted by Crippen LogP contribution is 2.41. The zero-order valence-electron chi connectivity index (χ0n) is 11.3. The van der Waals surface area contributed by atoms with Crippen LogP contribution in [0.2, 0.25) is 0 Å². The summed E-state index contributed by atoms with van der Waals surface area (Å²) in [6, 6.07) is 6.63. The largest absolute Gasteiger partial charge is 0.366 e. The van der Waals surface area contributed by atoms with Gasteiger partial charge in [0.25, 0.3) is 0 Å². The zero-order chi connectivity index (χ0) is 14.1. The molecule has 2 aliphatic rings. The monoisotopic (exact) mass is 273 g/mol. The van der Waals surface area contributed by atoms with Crippen LogP contribution >= 0.6 is 0 Å². The van der Waals surface area contributed by atoms with E-state index in [4.69, 9.17) is 5.73 Å². The van der Waals surface area contributed by atoms with Gasteiger partial charge in [-0.05, 0) is 49.3 Å². The summed E-state index contributed by atoms with van der Waals surface area (Å²) in [4.78, 5) is 25.2. The Morgan fingerprint density at radius 3 is 2.70 bits per heavy atom. The quantitative estimate of drug-likeness (QED) is 0.884. The molecule has 1 aliphatic heterocycles. The molecule has 3 amide bonds. The smallest absolute Gasteiger partial charge is 0.321 e. The summed E-state index contributed by atoms with van der Waals surface area (Å²) in [6.45, 7) is 1.68. The summed E-state index contributed by atoms with van der Waals surface area (Å²) in [6.07, 6.45) is 3.75. The summed E-state index contributed by atoms with van der Waals surface area (Å²) < 4.78 is 0. The van der Waals surface area contributed by atoms with Crippen molar-refractivity contribution in [3.63, 3.8) is 0 Å². The number of amides is 3. The number of rotatable bonds is 3. The Kier molecular flexibility index (Phi) is 3.34.